The third-order valence-electron chi connectivity index (χ3n) is 4.03. The number of benzene rings is 1. The highest BCUT2D eigenvalue weighted by molar-refractivity contribution is 5.99. The molecule has 0 heterocycles. The summed E-state index contributed by atoms with van der Waals surface area (Å²) in [6, 6.07) is 5.27. The summed E-state index contributed by atoms with van der Waals surface area (Å²) < 4.78 is 4.85. The van der Waals surface area contributed by atoms with Crippen molar-refractivity contribution in [1.29, 1.82) is 0 Å². The third-order valence-corrected chi connectivity index (χ3v) is 4.03. The van der Waals surface area contributed by atoms with Crippen LogP contribution in [0.5, 0.6) is 0 Å². The number of nitrogens with two attached hydrogens (primary N) is 1. The van der Waals surface area contributed by atoms with Gasteiger partial charge in [-0.2, -0.15) is 0 Å². The van der Waals surface area contributed by atoms with Crippen molar-refractivity contribution in [2.24, 2.45) is 11.7 Å². The van der Waals surface area contributed by atoms with Crippen LogP contribution in [0.25, 0.3) is 0 Å². The molecule has 0 aliphatic rings. The minimum Gasteiger partial charge on any atom is -0.461 e. The largest absolute Gasteiger partial charge is 0.461 e. The van der Waals surface area contributed by atoms with E-state index in [1.165, 1.54) is 6.08 Å². The first-order chi connectivity index (χ1) is 13.8. The van der Waals surface area contributed by atoms with Crippen LogP contribution in [-0.4, -0.2) is 41.4 Å². The number of carbonyl (C=O) groups is 4. The molecular formula is C20H27N3O6. The van der Waals surface area contributed by atoms with Crippen molar-refractivity contribution in [3.63, 3.8) is 0 Å². The van der Waals surface area contributed by atoms with Gasteiger partial charge in [-0.3, -0.25) is 19.2 Å². The van der Waals surface area contributed by atoms with E-state index >= 15 is 0 Å². The maximum atomic E-state index is 12.5. The van der Waals surface area contributed by atoms with Crippen molar-refractivity contribution < 1.29 is 29.0 Å². The van der Waals surface area contributed by atoms with Crippen molar-refractivity contribution in [2.45, 2.75) is 38.8 Å². The molecule has 0 saturated carbocycles. The molecule has 0 aliphatic carbocycles. The van der Waals surface area contributed by atoms with Crippen molar-refractivity contribution in [2.75, 3.05) is 11.9 Å². The van der Waals surface area contributed by atoms with Gasteiger partial charge in [0.1, 0.15) is 12.6 Å². The maximum Gasteiger partial charge on any atom is 0.306 e. The topological polar surface area (TPSA) is 148 Å². The Morgan fingerprint density at radius 1 is 1.21 bits per heavy atom. The highest BCUT2D eigenvalue weighted by Gasteiger charge is 2.25. The molecule has 29 heavy (non-hydrogen) atoms. The lowest BCUT2D eigenvalue weighted by Crippen LogP contribution is -2.47. The molecule has 1 aromatic rings. The van der Waals surface area contributed by atoms with Crippen molar-refractivity contribution in [3.8, 4) is 0 Å². The molecule has 0 aromatic heterocycles. The SMILES string of the molecule is C=CCOC(=O)CCC(C)C(=O)NC(CC(N)=O)C(=O)Nc1ccc(CO)cc1. The Hall–Kier alpha value is -3.20. The zero-order valence-corrected chi connectivity index (χ0v) is 16.3. The molecule has 0 saturated heterocycles. The van der Waals surface area contributed by atoms with Gasteiger partial charge in [0, 0.05) is 18.0 Å². The Bertz CT molecular complexity index is 732. The number of ether oxygens (including phenoxy) is 1. The molecule has 2 atom stereocenters. The highest BCUT2D eigenvalue weighted by Crippen LogP contribution is 2.12. The van der Waals surface area contributed by atoms with Gasteiger partial charge in [-0.1, -0.05) is 31.7 Å². The standard InChI is InChI=1S/C20H27N3O6/c1-3-10-29-18(26)9-4-13(2)19(27)23-16(11-17(21)25)20(28)22-15-7-5-14(12-24)6-8-15/h3,5-8,13,16,24H,1,4,9-12H2,2H3,(H2,21,25)(H,22,28)(H,23,27). The third kappa shape index (κ3) is 9.02. The Morgan fingerprint density at radius 3 is 2.41 bits per heavy atom. The Labute approximate surface area is 169 Å². The van der Waals surface area contributed by atoms with E-state index in [2.05, 4.69) is 17.2 Å². The molecule has 0 spiro atoms. The number of hydrogen-bond donors (Lipinski definition) is 4. The Morgan fingerprint density at radius 2 is 1.86 bits per heavy atom. The van der Waals surface area contributed by atoms with E-state index in [1.54, 1.807) is 31.2 Å². The van der Waals surface area contributed by atoms with Crippen LogP contribution in [0.3, 0.4) is 0 Å². The molecule has 1 aromatic carbocycles. The number of amides is 3. The van der Waals surface area contributed by atoms with Gasteiger partial charge in [0.15, 0.2) is 0 Å². The summed E-state index contributed by atoms with van der Waals surface area (Å²) in [4.78, 5) is 47.7. The Balaban J connectivity index is 2.67. The van der Waals surface area contributed by atoms with Gasteiger partial charge in [0.05, 0.1) is 13.0 Å². The summed E-state index contributed by atoms with van der Waals surface area (Å²) in [6.07, 6.45) is 1.32. The molecule has 0 bridgehead atoms. The lowest BCUT2D eigenvalue weighted by Gasteiger charge is -2.20. The molecule has 3 amide bonds. The quantitative estimate of drug-likeness (QED) is 0.296. The summed E-state index contributed by atoms with van der Waals surface area (Å²) in [5.74, 6) is -2.88. The number of rotatable bonds is 12. The predicted molar refractivity (Wildman–Crippen MR) is 106 cm³/mol. The molecular weight excluding hydrogens is 378 g/mol. The summed E-state index contributed by atoms with van der Waals surface area (Å²) in [7, 11) is 0. The van der Waals surface area contributed by atoms with Crippen LogP contribution in [0.15, 0.2) is 36.9 Å². The van der Waals surface area contributed by atoms with Crippen LogP contribution in [0.2, 0.25) is 0 Å². The van der Waals surface area contributed by atoms with Crippen LogP contribution < -0.4 is 16.4 Å². The minimum absolute atomic E-state index is 0.0340. The first kappa shape index (κ1) is 23.8. The van der Waals surface area contributed by atoms with Gasteiger partial charge in [0.2, 0.25) is 17.7 Å². The number of carbonyl (C=O) groups excluding carboxylic acids is 4. The van der Waals surface area contributed by atoms with Gasteiger partial charge in [0.25, 0.3) is 0 Å². The molecule has 0 fully saturated rings. The van der Waals surface area contributed by atoms with Gasteiger partial charge in [-0.25, -0.2) is 0 Å². The lowest BCUT2D eigenvalue weighted by molar-refractivity contribution is -0.143. The average molecular weight is 405 g/mol. The highest BCUT2D eigenvalue weighted by atomic mass is 16.5. The van der Waals surface area contributed by atoms with Gasteiger partial charge in [-0.15, -0.1) is 0 Å². The zero-order chi connectivity index (χ0) is 21.8. The molecule has 5 N–H and O–H groups in total. The summed E-state index contributed by atoms with van der Waals surface area (Å²) >= 11 is 0. The zero-order valence-electron chi connectivity index (χ0n) is 16.3. The number of primary amides is 1. The van der Waals surface area contributed by atoms with Gasteiger partial charge in [-0.05, 0) is 24.1 Å². The number of nitrogens with one attached hydrogen (secondary N) is 2. The van der Waals surface area contributed by atoms with E-state index in [4.69, 9.17) is 15.6 Å². The second-order valence-corrected chi connectivity index (χ2v) is 6.49. The van der Waals surface area contributed by atoms with E-state index in [0.29, 0.717) is 11.3 Å². The van der Waals surface area contributed by atoms with Crippen LogP contribution >= 0.6 is 0 Å². The summed E-state index contributed by atoms with van der Waals surface area (Å²) in [5, 5.41) is 14.1. The first-order valence-corrected chi connectivity index (χ1v) is 9.12. The number of aliphatic hydroxyl groups excluding tert-OH is 1. The minimum atomic E-state index is -1.16. The first-order valence-electron chi connectivity index (χ1n) is 9.12. The molecule has 0 radical (unpaired) electrons. The van der Waals surface area contributed by atoms with Crippen molar-refractivity contribution in [1.82, 2.24) is 5.32 Å². The second-order valence-electron chi connectivity index (χ2n) is 6.49. The fraction of sp³-hybridized carbons (Fsp3) is 0.400. The van der Waals surface area contributed by atoms with Gasteiger partial charge < -0.3 is 26.2 Å². The number of aliphatic hydroxyl groups is 1. The van der Waals surface area contributed by atoms with E-state index in [-0.39, 0.29) is 32.5 Å². The van der Waals surface area contributed by atoms with E-state index in [1.807, 2.05) is 0 Å². The van der Waals surface area contributed by atoms with E-state index in [0.717, 1.165) is 0 Å². The molecule has 9 nitrogen and oxygen atoms in total. The monoisotopic (exact) mass is 405 g/mol. The summed E-state index contributed by atoms with van der Waals surface area (Å²) in [5.41, 5.74) is 6.30. The fourth-order valence-electron chi connectivity index (χ4n) is 2.34. The molecule has 2 unspecified atom stereocenters. The van der Waals surface area contributed by atoms with Crippen LogP contribution in [-0.2, 0) is 30.5 Å². The van der Waals surface area contributed by atoms with Crippen molar-refractivity contribution >= 4 is 29.4 Å². The summed E-state index contributed by atoms with van der Waals surface area (Å²) in [6.45, 7) is 5.00. The Kier molecular flexibility index (Phi) is 10.1. The van der Waals surface area contributed by atoms with Crippen LogP contribution in [0, 0.1) is 5.92 Å². The van der Waals surface area contributed by atoms with Crippen LogP contribution in [0.4, 0.5) is 5.69 Å². The molecule has 9 heteroatoms. The smallest absolute Gasteiger partial charge is 0.306 e. The average Bonchev–Trinajstić information content (AvgIpc) is 2.69. The predicted octanol–water partition coefficient (Wildman–Crippen LogP) is 0.623. The van der Waals surface area contributed by atoms with Crippen molar-refractivity contribution in [3.05, 3.63) is 42.5 Å². The number of esters is 1. The number of hydrogen-bond acceptors (Lipinski definition) is 6. The second kappa shape index (κ2) is 12.3. The normalized spacial score (nSPS) is 12.3. The van der Waals surface area contributed by atoms with E-state index in [9.17, 15) is 19.2 Å². The lowest BCUT2D eigenvalue weighted by atomic mass is 10.0. The van der Waals surface area contributed by atoms with E-state index < -0.39 is 35.7 Å². The van der Waals surface area contributed by atoms with Crippen LogP contribution in [0.1, 0.15) is 31.7 Å². The fourth-order valence-corrected chi connectivity index (χ4v) is 2.34. The maximum absolute atomic E-state index is 12.5. The molecule has 1 rings (SSSR count). The molecule has 0 aliphatic heterocycles. The van der Waals surface area contributed by atoms with Gasteiger partial charge >= 0.3 is 5.97 Å². The number of anilines is 1. The molecule has 158 valence electrons.